The lowest BCUT2D eigenvalue weighted by Gasteiger charge is -2.13. The van der Waals surface area contributed by atoms with Crippen LogP contribution in [0.1, 0.15) is 22.7 Å². The molecular formula is C20H16BrN. The summed E-state index contributed by atoms with van der Waals surface area (Å²) >= 11 is 3.45. The molecule has 0 fully saturated rings. The summed E-state index contributed by atoms with van der Waals surface area (Å²) < 4.78 is 1.08. The molecule has 0 bridgehead atoms. The predicted octanol–water partition coefficient (Wildman–Crippen LogP) is 5.66. The molecule has 108 valence electrons. The number of hydrogen-bond donors (Lipinski definition) is 0. The molecule has 0 saturated carbocycles. The van der Waals surface area contributed by atoms with Gasteiger partial charge in [-0.3, -0.25) is 4.99 Å². The summed E-state index contributed by atoms with van der Waals surface area (Å²) in [5.41, 5.74) is 3.49. The van der Waals surface area contributed by atoms with E-state index in [4.69, 9.17) is 4.99 Å². The van der Waals surface area contributed by atoms with Crippen molar-refractivity contribution in [1.29, 1.82) is 0 Å². The first kappa shape index (κ1) is 14.7. The third kappa shape index (κ3) is 3.71. The van der Waals surface area contributed by atoms with E-state index in [-0.39, 0.29) is 6.04 Å². The Morgan fingerprint density at radius 3 is 1.68 bits per heavy atom. The number of halogens is 1. The van der Waals surface area contributed by atoms with Crippen LogP contribution in [-0.2, 0) is 0 Å². The lowest BCUT2D eigenvalue weighted by Crippen LogP contribution is -1.98. The average molecular weight is 350 g/mol. The van der Waals surface area contributed by atoms with Gasteiger partial charge in [-0.05, 0) is 28.8 Å². The van der Waals surface area contributed by atoms with Crippen molar-refractivity contribution in [3.63, 3.8) is 0 Å². The number of rotatable bonds is 4. The van der Waals surface area contributed by atoms with Gasteiger partial charge in [0.2, 0.25) is 0 Å². The fourth-order valence-electron chi connectivity index (χ4n) is 2.34. The van der Waals surface area contributed by atoms with Crippen molar-refractivity contribution in [1.82, 2.24) is 0 Å². The molecule has 0 atom stereocenters. The highest BCUT2D eigenvalue weighted by atomic mass is 79.9. The van der Waals surface area contributed by atoms with Gasteiger partial charge in [0.1, 0.15) is 0 Å². The molecule has 0 heterocycles. The molecule has 0 aliphatic heterocycles. The van der Waals surface area contributed by atoms with Gasteiger partial charge in [-0.2, -0.15) is 0 Å². The van der Waals surface area contributed by atoms with Crippen LogP contribution in [0.3, 0.4) is 0 Å². The third-order valence-corrected chi connectivity index (χ3v) is 4.00. The van der Waals surface area contributed by atoms with E-state index in [1.807, 2.05) is 30.5 Å². The zero-order valence-corrected chi connectivity index (χ0v) is 13.6. The van der Waals surface area contributed by atoms with E-state index in [2.05, 4.69) is 76.6 Å². The van der Waals surface area contributed by atoms with Gasteiger partial charge in [-0.25, -0.2) is 0 Å². The Kier molecular flexibility index (Phi) is 4.81. The summed E-state index contributed by atoms with van der Waals surface area (Å²) in [4.78, 5) is 4.82. The molecule has 0 radical (unpaired) electrons. The van der Waals surface area contributed by atoms with E-state index in [1.165, 1.54) is 11.1 Å². The van der Waals surface area contributed by atoms with Gasteiger partial charge >= 0.3 is 0 Å². The van der Waals surface area contributed by atoms with Crippen molar-refractivity contribution in [2.24, 2.45) is 4.99 Å². The largest absolute Gasteiger partial charge is 0.280 e. The number of benzene rings is 3. The first-order valence-electron chi connectivity index (χ1n) is 7.21. The topological polar surface area (TPSA) is 12.4 Å². The van der Waals surface area contributed by atoms with E-state index in [1.54, 1.807) is 0 Å². The summed E-state index contributed by atoms with van der Waals surface area (Å²) in [5.74, 6) is 0. The lowest BCUT2D eigenvalue weighted by molar-refractivity contribution is 0.878. The third-order valence-electron chi connectivity index (χ3n) is 3.47. The molecule has 0 aromatic heterocycles. The Balaban J connectivity index is 1.94. The highest BCUT2D eigenvalue weighted by Crippen LogP contribution is 2.25. The number of aliphatic imine (C=N–C) groups is 1. The molecule has 0 N–H and O–H groups in total. The molecule has 0 amide bonds. The van der Waals surface area contributed by atoms with Crippen molar-refractivity contribution < 1.29 is 0 Å². The van der Waals surface area contributed by atoms with Crippen molar-refractivity contribution in [2.75, 3.05) is 0 Å². The van der Waals surface area contributed by atoms with Gasteiger partial charge in [0, 0.05) is 10.7 Å². The smallest absolute Gasteiger partial charge is 0.0999 e. The number of hydrogen-bond acceptors (Lipinski definition) is 1. The van der Waals surface area contributed by atoms with Gasteiger partial charge in [0.05, 0.1) is 6.04 Å². The highest BCUT2D eigenvalue weighted by Gasteiger charge is 2.11. The Labute approximate surface area is 139 Å². The summed E-state index contributed by atoms with van der Waals surface area (Å²) in [6.45, 7) is 0. The fourth-order valence-corrected chi connectivity index (χ4v) is 2.61. The summed E-state index contributed by atoms with van der Waals surface area (Å²) in [7, 11) is 0. The van der Waals surface area contributed by atoms with Gasteiger partial charge in [0.15, 0.2) is 0 Å². The Bertz CT molecular complexity index is 694. The van der Waals surface area contributed by atoms with Crippen molar-refractivity contribution in [3.8, 4) is 0 Å². The average Bonchev–Trinajstić information content (AvgIpc) is 2.59. The maximum Gasteiger partial charge on any atom is 0.0999 e. The second-order valence-corrected chi connectivity index (χ2v) is 5.97. The van der Waals surface area contributed by atoms with Crippen molar-refractivity contribution in [2.45, 2.75) is 6.04 Å². The van der Waals surface area contributed by atoms with Gasteiger partial charge < -0.3 is 0 Å². The molecule has 0 aliphatic carbocycles. The molecule has 0 unspecified atom stereocenters. The van der Waals surface area contributed by atoms with Crippen LogP contribution in [0.25, 0.3) is 0 Å². The maximum absolute atomic E-state index is 4.82. The molecule has 0 saturated heterocycles. The minimum atomic E-state index is 0.0195. The maximum atomic E-state index is 4.82. The van der Waals surface area contributed by atoms with Crippen molar-refractivity contribution in [3.05, 3.63) is 106 Å². The zero-order valence-electron chi connectivity index (χ0n) is 12.1. The Hall–Kier alpha value is -2.19. The minimum absolute atomic E-state index is 0.0195. The van der Waals surface area contributed by atoms with Crippen LogP contribution in [0.5, 0.6) is 0 Å². The van der Waals surface area contributed by atoms with Crippen molar-refractivity contribution >= 4 is 22.1 Å². The second kappa shape index (κ2) is 7.19. The molecule has 2 heteroatoms. The summed E-state index contributed by atoms with van der Waals surface area (Å²) in [6.07, 6.45) is 1.94. The SMILES string of the molecule is Brc1ccc(C=NC(c2ccccc2)c2ccccc2)cc1. The van der Waals surface area contributed by atoms with Gasteiger partial charge in [0.25, 0.3) is 0 Å². The Morgan fingerprint density at radius 1 is 0.682 bits per heavy atom. The standard InChI is InChI=1S/C20H16BrN/c21-19-13-11-16(12-14-19)15-22-20(17-7-3-1-4-8-17)18-9-5-2-6-10-18/h1-15,20H. The molecule has 0 spiro atoms. The highest BCUT2D eigenvalue weighted by molar-refractivity contribution is 9.10. The van der Waals surface area contributed by atoms with Crippen LogP contribution in [0.15, 0.2) is 94.4 Å². The van der Waals surface area contributed by atoms with E-state index in [0.717, 1.165) is 10.0 Å². The zero-order chi connectivity index (χ0) is 15.2. The molecule has 1 nitrogen and oxygen atoms in total. The quantitative estimate of drug-likeness (QED) is 0.539. The lowest BCUT2D eigenvalue weighted by atomic mass is 9.99. The summed E-state index contributed by atoms with van der Waals surface area (Å²) in [6, 6.07) is 29.0. The second-order valence-electron chi connectivity index (χ2n) is 5.05. The molecule has 22 heavy (non-hydrogen) atoms. The van der Waals surface area contributed by atoms with E-state index in [0.29, 0.717) is 0 Å². The summed E-state index contributed by atoms with van der Waals surface area (Å²) in [5, 5.41) is 0. The molecule has 0 aliphatic rings. The molecule has 3 aromatic rings. The van der Waals surface area contributed by atoms with Crippen LogP contribution < -0.4 is 0 Å². The van der Waals surface area contributed by atoms with Crippen LogP contribution in [-0.4, -0.2) is 6.21 Å². The number of nitrogens with zero attached hydrogens (tertiary/aromatic N) is 1. The monoisotopic (exact) mass is 349 g/mol. The van der Waals surface area contributed by atoms with Gasteiger partial charge in [-0.1, -0.05) is 88.7 Å². The minimum Gasteiger partial charge on any atom is -0.280 e. The van der Waals surface area contributed by atoms with E-state index in [9.17, 15) is 0 Å². The van der Waals surface area contributed by atoms with Crippen LogP contribution in [0, 0.1) is 0 Å². The normalized spacial score (nSPS) is 11.2. The fraction of sp³-hybridized carbons (Fsp3) is 0.0500. The van der Waals surface area contributed by atoms with Crippen LogP contribution in [0.4, 0.5) is 0 Å². The Morgan fingerprint density at radius 2 is 1.18 bits per heavy atom. The predicted molar refractivity (Wildman–Crippen MR) is 96.5 cm³/mol. The molecular weight excluding hydrogens is 334 g/mol. The first-order valence-corrected chi connectivity index (χ1v) is 8.01. The molecule has 3 aromatic carbocycles. The van der Waals surface area contributed by atoms with E-state index >= 15 is 0 Å². The van der Waals surface area contributed by atoms with Crippen LogP contribution >= 0.6 is 15.9 Å². The van der Waals surface area contributed by atoms with Crippen LogP contribution in [0.2, 0.25) is 0 Å². The van der Waals surface area contributed by atoms with E-state index < -0.39 is 0 Å². The first-order chi connectivity index (χ1) is 10.8. The molecule has 3 rings (SSSR count). The van der Waals surface area contributed by atoms with Gasteiger partial charge in [-0.15, -0.1) is 0 Å².